The van der Waals surface area contributed by atoms with E-state index >= 15 is 0 Å². The number of aliphatic imine (C=N–C) groups is 1. The lowest BCUT2D eigenvalue weighted by Gasteiger charge is -2.36. The minimum Gasteiger partial charge on any atom is -0.356 e. The second-order valence-corrected chi connectivity index (χ2v) is 8.64. The van der Waals surface area contributed by atoms with Crippen molar-refractivity contribution in [2.75, 3.05) is 39.8 Å². The summed E-state index contributed by atoms with van der Waals surface area (Å²) in [7, 11) is 1.93. The highest BCUT2D eigenvalue weighted by Crippen LogP contribution is 2.48. The lowest BCUT2D eigenvalue weighted by molar-refractivity contribution is 0.173. The molecule has 0 unspecified atom stereocenters. The molecule has 3 fully saturated rings. The number of rotatable bonds is 6. The topological polar surface area (TPSA) is 30.9 Å². The van der Waals surface area contributed by atoms with E-state index in [0.29, 0.717) is 0 Å². The van der Waals surface area contributed by atoms with Crippen LogP contribution in [0.1, 0.15) is 30.6 Å². The van der Waals surface area contributed by atoms with Gasteiger partial charge in [0.2, 0.25) is 0 Å². The van der Waals surface area contributed by atoms with E-state index in [1.165, 1.54) is 30.6 Å². The number of hydrogen-bond acceptors (Lipinski definition) is 3. The summed E-state index contributed by atoms with van der Waals surface area (Å²) >= 11 is 1.87. The first kappa shape index (κ1) is 19.4. The largest absolute Gasteiger partial charge is 0.356 e. The van der Waals surface area contributed by atoms with Crippen LogP contribution in [-0.2, 0) is 6.54 Å². The van der Waals surface area contributed by atoms with E-state index in [1.54, 1.807) is 0 Å². The molecule has 0 bridgehead atoms. The van der Waals surface area contributed by atoms with Gasteiger partial charge in [-0.2, -0.15) is 0 Å². The first-order valence-electron chi connectivity index (χ1n) is 9.54. The normalized spacial score (nSPS) is 22.2. The molecule has 0 atom stereocenters. The molecule has 4 nitrogen and oxygen atoms in total. The number of guanidine groups is 1. The third kappa shape index (κ3) is 5.32. The summed E-state index contributed by atoms with van der Waals surface area (Å²) in [5, 5.41) is 5.88. The van der Waals surface area contributed by atoms with Gasteiger partial charge in [-0.15, -0.1) is 35.3 Å². The number of halogens is 1. The first-order chi connectivity index (χ1) is 11.8. The van der Waals surface area contributed by atoms with E-state index in [4.69, 9.17) is 0 Å². The van der Waals surface area contributed by atoms with Crippen molar-refractivity contribution in [2.24, 2.45) is 22.7 Å². The minimum absolute atomic E-state index is 0. The van der Waals surface area contributed by atoms with Gasteiger partial charge in [-0.3, -0.25) is 9.89 Å². The fourth-order valence-electron chi connectivity index (χ4n) is 4.05. The van der Waals surface area contributed by atoms with Crippen molar-refractivity contribution in [3.8, 4) is 0 Å². The van der Waals surface area contributed by atoms with E-state index in [0.717, 1.165) is 63.0 Å². The molecule has 0 radical (unpaired) electrons. The molecule has 2 aliphatic carbocycles. The molecule has 0 aromatic carbocycles. The highest BCUT2D eigenvalue weighted by atomic mass is 127. The van der Waals surface area contributed by atoms with Crippen LogP contribution in [0.15, 0.2) is 22.5 Å². The number of piperazine rings is 1. The molecule has 0 amide bonds. The van der Waals surface area contributed by atoms with E-state index in [9.17, 15) is 0 Å². The molecule has 2 saturated carbocycles. The molecule has 25 heavy (non-hydrogen) atoms. The predicted octanol–water partition coefficient (Wildman–Crippen LogP) is 3.50. The lowest BCUT2D eigenvalue weighted by Crippen LogP contribution is -2.52. The average molecular weight is 474 g/mol. The van der Waals surface area contributed by atoms with E-state index in [2.05, 4.69) is 37.6 Å². The molecular formula is C19H31IN4S. The van der Waals surface area contributed by atoms with Gasteiger partial charge < -0.3 is 10.2 Å². The highest BCUT2D eigenvalue weighted by Gasteiger charge is 2.41. The van der Waals surface area contributed by atoms with Crippen LogP contribution in [0, 0.1) is 17.8 Å². The van der Waals surface area contributed by atoms with Crippen LogP contribution in [0.25, 0.3) is 0 Å². The zero-order chi connectivity index (χ0) is 16.4. The van der Waals surface area contributed by atoms with Crippen molar-refractivity contribution in [1.82, 2.24) is 15.1 Å². The van der Waals surface area contributed by atoms with Gasteiger partial charge in [0.05, 0.1) is 0 Å². The summed E-state index contributed by atoms with van der Waals surface area (Å²) in [6.45, 7) is 6.67. The molecule has 1 aromatic heterocycles. The molecule has 1 aliphatic heterocycles. The van der Waals surface area contributed by atoms with Gasteiger partial charge in [0.15, 0.2) is 5.96 Å². The summed E-state index contributed by atoms with van der Waals surface area (Å²) in [5.41, 5.74) is 0. The maximum atomic E-state index is 4.56. The molecular weight excluding hydrogens is 443 g/mol. The van der Waals surface area contributed by atoms with Gasteiger partial charge in [0.1, 0.15) is 0 Å². The second kappa shape index (κ2) is 9.04. The minimum atomic E-state index is 0. The summed E-state index contributed by atoms with van der Waals surface area (Å²) in [4.78, 5) is 11.0. The Labute approximate surface area is 173 Å². The number of nitrogens with one attached hydrogen (secondary N) is 1. The molecule has 140 valence electrons. The smallest absolute Gasteiger partial charge is 0.193 e. The van der Waals surface area contributed by atoms with Crippen molar-refractivity contribution in [3.05, 3.63) is 22.4 Å². The van der Waals surface area contributed by atoms with Crippen molar-refractivity contribution >= 4 is 41.3 Å². The van der Waals surface area contributed by atoms with E-state index in [-0.39, 0.29) is 24.0 Å². The first-order valence-corrected chi connectivity index (χ1v) is 10.4. The Morgan fingerprint density at radius 1 is 1.20 bits per heavy atom. The van der Waals surface area contributed by atoms with Gasteiger partial charge in [0, 0.05) is 51.2 Å². The van der Waals surface area contributed by atoms with Gasteiger partial charge in [-0.25, -0.2) is 0 Å². The molecule has 1 saturated heterocycles. The molecule has 1 aromatic rings. The quantitative estimate of drug-likeness (QED) is 0.389. The molecule has 3 aliphatic rings. The van der Waals surface area contributed by atoms with Crippen LogP contribution in [0.5, 0.6) is 0 Å². The Balaban J connectivity index is 0.00000182. The molecule has 4 rings (SSSR count). The monoisotopic (exact) mass is 474 g/mol. The van der Waals surface area contributed by atoms with Gasteiger partial charge >= 0.3 is 0 Å². The Morgan fingerprint density at radius 3 is 2.40 bits per heavy atom. The standard InChI is InChI=1S/C19H30N4S.HI/c1-20-19(21-13-18(15-4-5-15)16-6-7-16)23-10-8-22(9-11-23)14-17-3-2-12-24-17;/h2-3,12,15-16,18H,4-11,13-14H2,1H3,(H,20,21);1H. The van der Waals surface area contributed by atoms with E-state index in [1.807, 2.05) is 18.4 Å². The summed E-state index contributed by atoms with van der Waals surface area (Å²) < 4.78 is 0. The third-order valence-electron chi connectivity index (χ3n) is 5.79. The van der Waals surface area contributed by atoms with Crippen molar-refractivity contribution in [1.29, 1.82) is 0 Å². The molecule has 1 N–H and O–H groups in total. The van der Waals surface area contributed by atoms with Crippen LogP contribution < -0.4 is 5.32 Å². The van der Waals surface area contributed by atoms with Crippen molar-refractivity contribution in [2.45, 2.75) is 32.2 Å². The molecule has 0 spiro atoms. The maximum Gasteiger partial charge on any atom is 0.193 e. The Bertz CT molecular complexity index is 534. The van der Waals surface area contributed by atoms with Crippen molar-refractivity contribution < 1.29 is 0 Å². The van der Waals surface area contributed by atoms with Crippen LogP contribution >= 0.6 is 35.3 Å². The molecule has 6 heteroatoms. The fraction of sp³-hybridized carbons (Fsp3) is 0.737. The summed E-state index contributed by atoms with van der Waals surface area (Å²) in [6, 6.07) is 4.39. The SMILES string of the molecule is CN=C(NCC(C1CC1)C1CC1)N1CCN(Cc2cccs2)CC1.I. The lowest BCUT2D eigenvalue weighted by atomic mass is 9.98. The fourth-order valence-corrected chi connectivity index (χ4v) is 4.80. The average Bonchev–Trinajstić information content (AvgIpc) is 3.54. The zero-order valence-electron chi connectivity index (χ0n) is 15.2. The predicted molar refractivity (Wildman–Crippen MR) is 117 cm³/mol. The van der Waals surface area contributed by atoms with Crippen LogP contribution in [-0.4, -0.2) is 55.5 Å². The maximum absolute atomic E-state index is 4.56. The van der Waals surface area contributed by atoms with E-state index < -0.39 is 0 Å². The van der Waals surface area contributed by atoms with Gasteiger partial charge in [-0.05, 0) is 54.9 Å². The Hall–Kier alpha value is -0.340. The second-order valence-electron chi connectivity index (χ2n) is 7.61. The Morgan fingerprint density at radius 2 is 1.88 bits per heavy atom. The number of thiophene rings is 1. The van der Waals surface area contributed by atoms with Crippen LogP contribution in [0.2, 0.25) is 0 Å². The third-order valence-corrected chi connectivity index (χ3v) is 6.66. The summed E-state index contributed by atoms with van der Waals surface area (Å²) in [6.07, 6.45) is 5.84. The Kier molecular flexibility index (Phi) is 7.02. The van der Waals surface area contributed by atoms with Crippen molar-refractivity contribution in [3.63, 3.8) is 0 Å². The van der Waals surface area contributed by atoms with Crippen LogP contribution in [0.3, 0.4) is 0 Å². The summed E-state index contributed by atoms with van der Waals surface area (Å²) in [5.74, 6) is 4.04. The van der Waals surface area contributed by atoms with Gasteiger partial charge in [-0.1, -0.05) is 6.07 Å². The molecule has 2 heterocycles. The highest BCUT2D eigenvalue weighted by molar-refractivity contribution is 14.0. The van der Waals surface area contributed by atoms with Crippen LogP contribution in [0.4, 0.5) is 0 Å². The van der Waals surface area contributed by atoms with Gasteiger partial charge in [0.25, 0.3) is 0 Å². The number of nitrogens with zero attached hydrogens (tertiary/aromatic N) is 3. The zero-order valence-corrected chi connectivity index (χ0v) is 18.3. The number of hydrogen-bond donors (Lipinski definition) is 1.